The van der Waals surface area contributed by atoms with Gasteiger partial charge < -0.3 is 15.0 Å². The molecule has 1 heterocycles. The van der Waals surface area contributed by atoms with Crippen LogP contribution in [0.4, 0.5) is 5.69 Å². The fourth-order valence-corrected chi connectivity index (χ4v) is 2.54. The second-order valence-electron chi connectivity index (χ2n) is 5.23. The topological polar surface area (TPSA) is 58.6 Å². The summed E-state index contributed by atoms with van der Waals surface area (Å²) in [5, 5.41) is 2.74. The third-order valence-corrected chi connectivity index (χ3v) is 3.60. The van der Waals surface area contributed by atoms with Crippen molar-refractivity contribution >= 4 is 17.5 Å². The zero-order valence-electron chi connectivity index (χ0n) is 12.4. The van der Waals surface area contributed by atoms with Crippen molar-refractivity contribution in [3.63, 3.8) is 0 Å². The van der Waals surface area contributed by atoms with Gasteiger partial charge in [0, 0.05) is 20.2 Å². The molecular weight excluding hydrogens is 268 g/mol. The second kappa shape index (κ2) is 7.78. The van der Waals surface area contributed by atoms with E-state index in [0.29, 0.717) is 11.3 Å². The minimum atomic E-state index is -0.256. The van der Waals surface area contributed by atoms with Crippen LogP contribution < -0.4 is 5.32 Å². The Morgan fingerprint density at radius 3 is 2.48 bits per heavy atom. The van der Waals surface area contributed by atoms with Crippen LogP contribution in [0.1, 0.15) is 36.0 Å². The highest BCUT2D eigenvalue weighted by Gasteiger charge is 2.20. The quantitative estimate of drug-likeness (QED) is 0.925. The number of ether oxygens (including phenoxy) is 1. The molecule has 0 aliphatic carbocycles. The zero-order valence-corrected chi connectivity index (χ0v) is 12.4. The van der Waals surface area contributed by atoms with E-state index >= 15 is 0 Å². The molecule has 5 nitrogen and oxygen atoms in total. The number of amides is 2. The molecule has 1 aromatic carbocycles. The lowest BCUT2D eigenvalue weighted by Crippen LogP contribution is -2.32. The van der Waals surface area contributed by atoms with E-state index in [1.807, 2.05) is 17.0 Å². The molecular formula is C16H22N2O3. The Morgan fingerprint density at radius 2 is 1.81 bits per heavy atom. The first-order valence-electron chi connectivity index (χ1n) is 7.39. The van der Waals surface area contributed by atoms with Gasteiger partial charge >= 0.3 is 0 Å². The van der Waals surface area contributed by atoms with E-state index in [-0.39, 0.29) is 18.4 Å². The molecule has 1 aromatic rings. The molecule has 0 bridgehead atoms. The van der Waals surface area contributed by atoms with Gasteiger partial charge in [-0.3, -0.25) is 9.59 Å². The third-order valence-electron chi connectivity index (χ3n) is 3.60. The van der Waals surface area contributed by atoms with E-state index in [0.717, 1.165) is 25.9 Å². The van der Waals surface area contributed by atoms with Gasteiger partial charge in [-0.1, -0.05) is 25.0 Å². The van der Waals surface area contributed by atoms with Crippen molar-refractivity contribution in [1.29, 1.82) is 0 Å². The lowest BCUT2D eigenvalue weighted by molar-refractivity contribution is -0.119. The van der Waals surface area contributed by atoms with Crippen molar-refractivity contribution < 1.29 is 14.3 Å². The number of rotatable bonds is 4. The van der Waals surface area contributed by atoms with Gasteiger partial charge in [-0.25, -0.2) is 0 Å². The molecule has 1 N–H and O–H groups in total. The summed E-state index contributed by atoms with van der Waals surface area (Å²) in [4.78, 5) is 26.2. The predicted molar refractivity (Wildman–Crippen MR) is 81.3 cm³/mol. The molecule has 0 saturated carbocycles. The molecule has 1 saturated heterocycles. The normalized spacial score (nSPS) is 15.4. The van der Waals surface area contributed by atoms with Gasteiger partial charge in [0.25, 0.3) is 5.91 Å². The summed E-state index contributed by atoms with van der Waals surface area (Å²) >= 11 is 0. The number of methoxy groups -OCH3 is 1. The van der Waals surface area contributed by atoms with Crippen LogP contribution in [0.25, 0.3) is 0 Å². The van der Waals surface area contributed by atoms with E-state index in [9.17, 15) is 9.59 Å². The van der Waals surface area contributed by atoms with Crippen molar-refractivity contribution in [3.05, 3.63) is 29.8 Å². The fraction of sp³-hybridized carbons (Fsp3) is 0.500. The summed E-state index contributed by atoms with van der Waals surface area (Å²) in [5.41, 5.74) is 1.10. The molecule has 2 amide bonds. The fourth-order valence-electron chi connectivity index (χ4n) is 2.54. The molecule has 114 valence electrons. The molecule has 0 radical (unpaired) electrons. The molecule has 0 unspecified atom stereocenters. The number of hydrogen-bond acceptors (Lipinski definition) is 3. The largest absolute Gasteiger partial charge is 0.375 e. The lowest BCUT2D eigenvalue weighted by Gasteiger charge is -2.21. The first-order valence-corrected chi connectivity index (χ1v) is 7.39. The standard InChI is InChI=1S/C16H22N2O3/c1-21-12-15(19)17-14-9-5-4-8-13(14)16(20)18-10-6-2-3-7-11-18/h4-5,8-9H,2-3,6-7,10-12H2,1H3,(H,17,19). The maximum Gasteiger partial charge on any atom is 0.255 e. The van der Waals surface area contributed by atoms with Crippen molar-refractivity contribution in [2.75, 3.05) is 32.1 Å². The summed E-state index contributed by atoms with van der Waals surface area (Å²) in [6, 6.07) is 7.13. The number of anilines is 1. The Morgan fingerprint density at radius 1 is 1.14 bits per heavy atom. The highest BCUT2D eigenvalue weighted by atomic mass is 16.5. The Hall–Kier alpha value is -1.88. The number of nitrogens with one attached hydrogen (secondary N) is 1. The van der Waals surface area contributed by atoms with Gasteiger partial charge in [0.15, 0.2) is 0 Å². The maximum atomic E-state index is 12.7. The molecule has 0 aromatic heterocycles. The minimum Gasteiger partial charge on any atom is -0.375 e. The van der Waals surface area contributed by atoms with E-state index in [1.165, 1.54) is 20.0 Å². The van der Waals surface area contributed by atoms with Gasteiger partial charge in [-0.05, 0) is 25.0 Å². The minimum absolute atomic E-state index is 0.00906. The van der Waals surface area contributed by atoms with Crippen LogP contribution in [-0.2, 0) is 9.53 Å². The lowest BCUT2D eigenvalue weighted by atomic mass is 10.1. The number of carbonyl (C=O) groups is 2. The maximum absolute atomic E-state index is 12.7. The van der Waals surface area contributed by atoms with E-state index < -0.39 is 0 Å². The Kier molecular flexibility index (Phi) is 5.75. The van der Waals surface area contributed by atoms with Crippen molar-refractivity contribution in [2.45, 2.75) is 25.7 Å². The molecule has 1 aliphatic heterocycles. The average Bonchev–Trinajstić information content (AvgIpc) is 2.76. The van der Waals surface area contributed by atoms with Crippen molar-refractivity contribution in [2.24, 2.45) is 0 Å². The van der Waals surface area contributed by atoms with E-state index in [4.69, 9.17) is 4.74 Å². The van der Waals surface area contributed by atoms with E-state index in [1.54, 1.807) is 12.1 Å². The summed E-state index contributed by atoms with van der Waals surface area (Å²) in [6.07, 6.45) is 4.44. The number of para-hydroxylation sites is 1. The van der Waals surface area contributed by atoms with Gasteiger partial charge in [-0.2, -0.15) is 0 Å². The van der Waals surface area contributed by atoms with Gasteiger partial charge in [-0.15, -0.1) is 0 Å². The van der Waals surface area contributed by atoms with Crippen LogP contribution in [0.15, 0.2) is 24.3 Å². The molecule has 2 rings (SSSR count). The summed E-state index contributed by atoms with van der Waals surface area (Å²) in [7, 11) is 1.47. The SMILES string of the molecule is COCC(=O)Nc1ccccc1C(=O)N1CCCCCC1. The monoisotopic (exact) mass is 290 g/mol. The first-order chi connectivity index (χ1) is 10.2. The van der Waals surface area contributed by atoms with Crippen LogP contribution in [-0.4, -0.2) is 43.5 Å². The van der Waals surface area contributed by atoms with Crippen LogP contribution in [0.2, 0.25) is 0 Å². The van der Waals surface area contributed by atoms with Crippen LogP contribution >= 0.6 is 0 Å². The van der Waals surface area contributed by atoms with Crippen molar-refractivity contribution in [1.82, 2.24) is 4.90 Å². The Labute approximate surface area is 125 Å². The second-order valence-corrected chi connectivity index (χ2v) is 5.23. The van der Waals surface area contributed by atoms with Gasteiger partial charge in [0.05, 0.1) is 11.3 Å². The number of hydrogen-bond donors (Lipinski definition) is 1. The first kappa shape index (κ1) is 15.5. The Balaban J connectivity index is 2.14. The predicted octanol–water partition coefficient (Wildman–Crippen LogP) is 2.29. The van der Waals surface area contributed by atoms with E-state index in [2.05, 4.69) is 5.32 Å². The van der Waals surface area contributed by atoms with Crippen LogP contribution in [0.5, 0.6) is 0 Å². The number of benzene rings is 1. The molecule has 21 heavy (non-hydrogen) atoms. The third kappa shape index (κ3) is 4.29. The summed E-state index contributed by atoms with van der Waals surface area (Å²) in [5.74, 6) is -0.265. The van der Waals surface area contributed by atoms with Gasteiger partial charge in [0.2, 0.25) is 5.91 Å². The number of likely N-dealkylation sites (tertiary alicyclic amines) is 1. The zero-order chi connectivity index (χ0) is 15.1. The summed E-state index contributed by atoms with van der Waals surface area (Å²) in [6.45, 7) is 1.56. The van der Waals surface area contributed by atoms with Gasteiger partial charge in [0.1, 0.15) is 6.61 Å². The average molecular weight is 290 g/mol. The highest BCUT2D eigenvalue weighted by Crippen LogP contribution is 2.19. The smallest absolute Gasteiger partial charge is 0.255 e. The van der Waals surface area contributed by atoms with Crippen LogP contribution in [0.3, 0.4) is 0 Å². The number of carbonyl (C=O) groups excluding carboxylic acids is 2. The summed E-state index contributed by atoms with van der Waals surface area (Å²) < 4.78 is 4.80. The van der Waals surface area contributed by atoms with Crippen molar-refractivity contribution in [3.8, 4) is 0 Å². The van der Waals surface area contributed by atoms with Crippen LogP contribution in [0, 0.1) is 0 Å². The molecule has 1 fully saturated rings. The number of nitrogens with zero attached hydrogens (tertiary/aromatic N) is 1. The molecule has 0 atom stereocenters. The molecule has 0 spiro atoms. The molecule has 1 aliphatic rings. The Bertz CT molecular complexity index is 494. The molecule has 5 heteroatoms. The highest BCUT2D eigenvalue weighted by molar-refractivity contribution is 6.04.